The number of carbonyl (C=O) groups excluding carboxylic acids is 2. The first-order valence-electron chi connectivity index (χ1n) is 9.88. The van der Waals surface area contributed by atoms with Gasteiger partial charge in [-0.3, -0.25) is 19.4 Å². The molecule has 2 aromatic rings. The normalized spacial score (nSPS) is 13.9. The van der Waals surface area contributed by atoms with Crippen molar-refractivity contribution in [1.29, 1.82) is 0 Å². The van der Waals surface area contributed by atoms with Gasteiger partial charge >= 0.3 is 5.69 Å². The minimum Gasteiger partial charge on any atom is -0.497 e. The number of methoxy groups -OCH3 is 1. The maximum Gasteiger partial charge on any atom is 0.325 e. The van der Waals surface area contributed by atoms with Gasteiger partial charge in [0.15, 0.2) is 0 Å². The van der Waals surface area contributed by atoms with E-state index in [2.05, 4.69) is 9.97 Å². The zero-order valence-corrected chi connectivity index (χ0v) is 17.2. The predicted molar refractivity (Wildman–Crippen MR) is 111 cm³/mol. The SMILES string of the molecule is COc1cccc(CC(=O)N2CCN(C(=O)CCc3c(C)[nH]c(=O)[nH]c3=O)CC2)c1. The van der Waals surface area contributed by atoms with Crippen LogP contribution < -0.4 is 16.0 Å². The van der Waals surface area contributed by atoms with E-state index in [9.17, 15) is 19.2 Å². The van der Waals surface area contributed by atoms with E-state index in [0.29, 0.717) is 49.6 Å². The molecule has 2 amide bonds. The van der Waals surface area contributed by atoms with E-state index < -0.39 is 11.2 Å². The van der Waals surface area contributed by atoms with Gasteiger partial charge in [-0.25, -0.2) is 4.79 Å². The number of nitrogens with zero attached hydrogens (tertiary/aromatic N) is 2. The molecule has 0 atom stereocenters. The van der Waals surface area contributed by atoms with Crippen molar-refractivity contribution in [2.24, 2.45) is 0 Å². The van der Waals surface area contributed by atoms with E-state index in [-0.39, 0.29) is 24.7 Å². The van der Waals surface area contributed by atoms with Crippen LogP contribution in [0.15, 0.2) is 33.9 Å². The van der Waals surface area contributed by atoms with Crippen LogP contribution in [0.1, 0.15) is 23.2 Å². The number of benzene rings is 1. The van der Waals surface area contributed by atoms with Gasteiger partial charge in [-0.05, 0) is 31.0 Å². The lowest BCUT2D eigenvalue weighted by Crippen LogP contribution is -2.51. The summed E-state index contributed by atoms with van der Waals surface area (Å²) >= 11 is 0. The van der Waals surface area contributed by atoms with Gasteiger partial charge in [-0.1, -0.05) is 12.1 Å². The van der Waals surface area contributed by atoms with Gasteiger partial charge < -0.3 is 19.5 Å². The van der Waals surface area contributed by atoms with Crippen LogP contribution in [0, 0.1) is 6.92 Å². The molecule has 3 rings (SSSR count). The molecule has 0 radical (unpaired) electrons. The van der Waals surface area contributed by atoms with Crippen LogP contribution in [-0.2, 0) is 22.4 Å². The summed E-state index contributed by atoms with van der Waals surface area (Å²) in [6, 6.07) is 7.42. The fourth-order valence-electron chi connectivity index (χ4n) is 3.59. The first-order chi connectivity index (χ1) is 14.4. The fourth-order valence-corrected chi connectivity index (χ4v) is 3.59. The first kappa shape index (κ1) is 21.4. The summed E-state index contributed by atoms with van der Waals surface area (Å²) in [4.78, 5) is 56.5. The Labute approximate surface area is 173 Å². The van der Waals surface area contributed by atoms with Crippen LogP contribution in [0.25, 0.3) is 0 Å². The molecule has 2 heterocycles. The molecule has 9 nitrogen and oxygen atoms in total. The van der Waals surface area contributed by atoms with Crippen LogP contribution in [0.5, 0.6) is 5.75 Å². The quantitative estimate of drug-likeness (QED) is 0.702. The number of nitrogens with one attached hydrogen (secondary N) is 2. The standard InChI is InChI=1S/C21H26N4O5/c1-14-17(20(28)23-21(29)22-14)6-7-18(26)24-8-10-25(11-9-24)19(27)13-15-4-3-5-16(12-15)30-2/h3-5,12H,6-11,13H2,1-2H3,(H2,22,23,28,29). The van der Waals surface area contributed by atoms with E-state index in [0.717, 1.165) is 5.56 Å². The maximum absolute atomic E-state index is 12.6. The van der Waals surface area contributed by atoms with Gasteiger partial charge in [0.25, 0.3) is 5.56 Å². The number of aromatic amines is 2. The topological polar surface area (TPSA) is 116 Å². The van der Waals surface area contributed by atoms with E-state index in [1.807, 2.05) is 24.3 Å². The van der Waals surface area contributed by atoms with Crippen molar-refractivity contribution >= 4 is 11.8 Å². The molecular formula is C21H26N4O5. The van der Waals surface area contributed by atoms with Crippen molar-refractivity contribution in [2.75, 3.05) is 33.3 Å². The zero-order chi connectivity index (χ0) is 21.7. The van der Waals surface area contributed by atoms with Crippen molar-refractivity contribution in [2.45, 2.75) is 26.2 Å². The van der Waals surface area contributed by atoms with E-state index >= 15 is 0 Å². The van der Waals surface area contributed by atoms with Crippen LogP contribution in [0.2, 0.25) is 0 Å². The second kappa shape index (κ2) is 9.43. The molecular weight excluding hydrogens is 388 g/mol. The summed E-state index contributed by atoms with van der Waals surface area (Å²) < 4.78 is 5.19. The molecule has 0 aliphatic carbocycles. The average molecular weight is 414 g/mol. The van der Waals surface area contributed by atoms with Crippen molar-refractivity contribution < 1.29 is 14.3 Å². The minimum atomic E-state index is -0.553. The first-order valence-corrected chi connectivity index (χ1v) is 9.88. The molecule has 1 saturated heterocycles. The van der Waals surface area contributed by atoms with Gasteiger partial charge in [-0.15, -0.1) is 0 Å². The van der Waals surface area contributed by atoms with Crippen molar-refractivity contribution in [3.63, 3.8) is 0 Å². The van der Waals surface area contributed by atoms with Crippen molar-refractivity contribution in [3.05, 3.63) is 61.9 Å². The molecule has 0 saturated carbocycles. The molecule has 2 N–H and O–H groups in total. The number of hydrogen-bond donors (Lipinski definition) is 2. The highest BCUT2D eigenvalue weighted by Crippen LogP contribution is 2.15. The van der Waals surface area contributed by atoms with Gasteiger partial charge in [0.2, 0.25) is 11.8 Å². The largest absolute Gasteiger partial charge is 0.497 e. The number of aryl methyl sites for hydroxylation is 1. The number of piperazine rings is 1. The lowest BCUT2D eigenvalue weighted by molar-refractivity contribution is -0.139. The Kier molecular flexibility index (Phi) is 6.71. The lowest BCUT2D eigenvalue weighted by Gasteiger charge is -2.35. The summed E-state index contributed by atoms with van der Waals surface area (Å²) in [5.41, 5.74) is 0.762. The summed E-state index contributed by atoms with van der Waals surface area (Å²) in [6.07, 6.45) is 0.721. The van der Waals surface area contributed by atoms with E-state index in [1.165, 1.54) is 0 Å². The number of amides is 2. The van der Waals surface area contributed by atoms with E-state index in [1.54, 1.807) is 23.8 Å². The Balaban J connectivity index is 1.50. The number of rotatable bonds is 6. The van der Waals surface area contributed by atoms with Gasteiger partial charge in [-0.2, -0.15) is 0 Å². The second-order valence-electron chi connectivity index (χ2n) is 7.30. The summed E-state index contributed by atoms with van der Waals surface area (Å²) in [5.74, 6) is 0.665. The lowest BCUT2D eigenvalue weighted by atomic mass is 10.1. The summed E-state index contributed by atoms with van der Waals surface area (Å²) in [7, 11) is 1.59. The molecule has 1 aromatic carbocycles. The smallest absolute Gasteiger partial charge is 0.325 e. The molecule has 0 spiro atoms. The number of carbonyl (C=O) groups is 2. The second-order valence-corrected chi connectivity index (χ2v) is 7.30. The molecule has 30 heavy (non-hydrogen) atoms. The summed E-state index contributed by atoms with van der Waals surface area (Å²) in [6.45, 7) is 3.52. The average Bonchev–Trinajstić information content (AvgIpc) is 2.73. The van der Waals surface area contributed by atoms with Crippen molar-refractivity contribution in [3.8, 4) is 5.75 Å². The predicted octanol–water partition coefficient (Wildman–Crippen LogP) is 0.226. The third-order valence-corrected chi connectivity index (χ3v) is 5.32. The number of ether oxygens (including phenoxy) is 1. The number of H-pyrrole nitrogens is 2. The van der Waals surface area contributed by atoms with Gasteiger partial charge in [0.05, 0.1) is 13.5 Å². The van der Waals surface area contributed by atoms with Crippen LogP contribution >= 0.6 is 0 Å². The van der Waals surface area contributed by atoms with Gasteiger partial charge in [0.1, 0.15) is 5.75 Å². The molecule has 9 heteroatoms. The van der Waals surface area contributed by atoms with Gasteiger partial charge in [0, 0.05) is 43.9 Å². The third kappa shape index (κ3) is 5.16. The Morgan fingerprint density at radius 2 is 1.70 bits per heavy atom. The fraction of sp³-hybridized carbons (Fsp3) is 0.429. The molecule has 1 aliphatic heterocycles. The van der Waals surface area contributed by atoms with Crippen LogP contribution in [0.4, 0.5) is 0 Å². The number of hydrogen-bond acceptors (Lipinski definition) is 5. The Morgan fingerprint density at radius 1 is 1.03 bits per heavy atom. The third-order valence-electron chi connectivity index (χ3n) is 5.32. The minimum absolute atomic E-state index is 0.0192. The van der Waals surface area contributed by atoms with Crippen LogP contribution in [-0.4, -0.2) is 64.9 Å². The Morgan fingerprint density at radius 3 is 2.33 bits per heavy atom. The molecule has 1 aliphatic rings. The zero-order valence-electron chi connectivity index (χ0n) is 17.2. The molecule has 1 fully saturated rings. The molecule has 160 valence electrons. The number of aromatic nitrogens is 2. The molecule has 1 aromatic heterocycles. The molecule has 0 unspecified atom stereocenters. The van der Waals surface area contributed by atoms with Crippen LogP contribution in [0.3, 0.4) is 0 Å². The van der Waals surface area contributed by atoms with E-state index in [4.69, 9.17) is 4.74 Å². The maximum atomic E-state index is 12.6. The summed E-state index contributed by atoms with van der Waals surface area (Å²) in [5, 5.41) is 0. The Hall–Kier alpha value is -3.36. The Bertz CT molecular complexity index is 1030. The highest BCUT2D eigenvalue weighted by atomic mass is 16.5. The highest BCUT2D eigenvalue weighted by molar-refractivity contribution is 5.80. The molecule has 0 bridgehead atoms. The highest BCUT2D eigenvalue weighted by Gasteiger charge is 2.24. The monoisotopic (exact) mass is 414 g/mol. The van der Waals surface area contributed by atoms with Crippen molar-refractivity contribution in [1.82, 2.24) is 19.8 Å².